The van der Waals surface area contributed by atoms with Crippen molar-refractivity contribution < 1.29 is 8.49 Å². The van der Waals surface area contributed by atoms with E-state index >= 15 is 0 Å². The maximum Gasteiger partial charge on any atom is 0.176 e. The molecule has 0 bridgehead atoms. The molecule has 4 nitrogen and oxygen atoms in total. The Morgan fingerprint density at radius 2 is 1.95 bits per heavy atom. The molecule has 1 spiro atoms. The first-order valence-corrected chi connectivity index (χ1v) is 8.16. The van der Waals surface area contributed by atoms with Crippen LogP contribution in [0.15, 0.2) is 24.3 Å². The Bertz CT molecular complexity index is 498. The summed E-state index contributed by atoms with van der Waals surface area (Å²) < 4.78 is 16.9. The Balaban J connectivity index is 1.94. The quantitative estimate of drug-likeness (QED) is 0.825. The normalized spacial score (nSPS) is 23.6. The predicted octanol–water partition coefficient (Wildman–Crippen LogP) is 1.70. The third-order valence-electron chi connectivity index (χ3n) is 4.33. The zero-order valence-corrected chi connectivity index (χ0v) is 12.3. The molecule has 1 unspecified atom stereocenters. The third-order valence-corrected chi connectivity index (χ3v) is 4.72. The van der Waals surface area contributed by atoms with Crippen molar-refractivity contribution in [3.8, 4) is 0 Å². The first kappa shape index (κ1) is 13.1. The fourth-order valence-electron chi connectivity index (χ4n) is 3.25. The zero-order chi connectivity index (χ0) is 13.5. The number of hydroxylamine groups is 1. The number of nitrogens with zero attached hydrogens (tertiary/aromatic N) is 2. The van der Waals surface area contributed by atoms with Crippen molar-refractivity contribution in [1.82, 2.24) is 4.90 Å². The van der Waals surface area contributed by atoms with Crippen molar-refractivity contribution in [1.29, 1.82) is 0 Å². The highest BCUT2D eigenvalue weighted by atomic mass is 32.2. The van der Waals surface area contributed by atoms with Gasteiger partial charge in [-0.1, -0.05) is 18.2 Å². The van der Waals surface area contributed by atoms with E-state index in [1.807, 2.05) is 11.1 Å². The first-order chi connectivity index (χ1) is 9.11. The van der Waals surface area contributed by atoms with Crippen LogP contribution in [0.4, 0.5) is 5.69 Å². The Morgan fingerprint density at radius 3 is 2.63 bits per heavy atom. The van der Waals surface area contributed by atoms with Gasteiger partial charge in [-0.15, -0.1) is 0 Å². The van der Waals surface area contributed by atoms with Crippen LogP contribution in [0.25, 0.3) is 0 Å². The van der Waals surface area contributed by atoms with E-state index < -0.39 is 11.1 Å². The highest BCUT2D eigenvalue weighted by molar-refractivity contribution is 7.79. The predicted molar refractivity (Wildman–Crippen MR) is 77.3 cm³/mol. The van der Waals surface area contributed by atoms with Gasteiger partial charge in [0.2, 0.25) is 0 Å². The molecular formula is C14H20N2O2S. The van der Waals surface area contributed by atoms with Gasteiger partial charge in [0.15, 0.2) is 11.1 Å². The van der Waals surface area contributed by atoms with Crippen molar-refractivity contribution in [2.45, 2.75) is 18.3 Å². The smallest absolute Gasteiger partial charge is 0.176 e. The van der Waals surface area contributed by atoms with Crippen molar-refractivity contribution in [3.63, 3.8) is 0 Å². The van der Waals surface area contributed by atoms with E-state index in [0.29, 0.717) is 0 Å². The second kappa shape index (κ2) is 4.89. The molecule has 5 heteroatoms. The lowest BCUT2D eigenvalue weighted by Gasteiger charge is -2.38. The molecule has 2 aliphatic heterocycles. The molecule has 1 aromatic rings. The molecule has 0 aromatic heterocycles. The van der Waals surface area contributed by atoms with E-state index in [-0.39, 0.29) is 5.41 Å². The van der Waals surface area contributed by atoms with Gasteiger partial charge in [-0.2, -0.15) is 4.28 Å². The highest BCUT2D eigenvalue weighted by Gasteiger charge is 2.45. The van der Waals surface area contributed by atoms with Crippen LogP contribution in [0, 0.1) is 0 Å². The molecule has 0 aliphatic carbocycles. The number of hydrogen-bond donors (Lipinski definition) is 0. The summed E-state index contributed by atoms with van der Waals surface area (Å²) in [5, 5.41) is 1.83. The molecule has 2 aliphatic rings. The first-order valence-electron chi connectivity index (χ1n) is 6.68. The van der Waals surface area contributed by atoms with E-state index in [2.05, 4.69) is 30.1 Å². The van der Waals surface area contributed by atoms with E-state index in [1.54, 1.807) is 6.26 Å². The molecule has 0 saturated carbocycles. The van der Waals surface area contributed by atoms with E-state index in [4.69, 9.17) is 4.28 Å². The maximum atomic E-state index is 11.4. The van der Waals surface area contributed by atoms with Crippen LogP contribution >= 0.6 is 0 Å². The number of fused-ring (bicyclic) bond motifs is 2. The molecule has 0 N–H and O–H groups in total. The van der Waals surface area contributed by atoms with Crippen LogP contribution in [0.3, 0.4) is 0 Å². The Morgan fingerprint density at radius 1 is 1.26 bits per heavy atom. The van der Waals surface area contributed by atoms with E-state index in [1.165, 1.54) is 5.56 Å². The van der Waals surface area contributed by atoms with Gasteiger partial charge in [-0.25, -0.2) is 9.27 Å². The van der Waals surface area contributed by atoms with Gasteiger partial charge in [0.05, 0.1) is 12.2 Å². The Labute approximate surface area is 117 Å². The number of piperidine rings is 1. The molecule has 1 saturated heterocycles. The van der Waals surface area contributed by atoms with Gasteiger partial charge < -0.3 is 4.90 Å². The van der Waals surface area contributed by atoms with Crippen LogP contribution in [-0.4, -0.2) is 42.0 Å². The summed E-state index contributed by atoms with van der Waals surface area (Å²) in [7, 11) is 2.17. The SMILES string of the molecule is CN1CCC2(CC1)CN(OS(C)=O)c1ccccc12. The number of likely N-dealkylation sites (tertiary alicyclic amines) is 1. The van der Waals surface area contributed by atoms with Crippen LogP contribution in [-0.2, 0) is 20.8 Å². The monoisotopic (exact) mass is 280 g/mol. The average molecular weight is 280 g/mol. The minimum absolute atomic E-state index is 0.169. The van der Waals surface area contributed by atoms with Crippen molar-refractivity contribution in [2.24, 2.45) is 0 Å². The lowest BCUT2D eigenvalue weighted by Crippen LogP contribution is -2.43. The van der Waals surface area contributed by atoms with Gasteiger partial charge in [0.25, 0.3) is 0 Å². The molecule has 0 radical (unpaired) electrons. The molecule has 1 fully saturated rings. The minimum Gasteiger partial charge on any atom is -0.306 e. The summed E-state index contributed by atoms with van der Waals surface area (Å²) in [6, 6.07) is 8.37. The van der Waals surface area contributed by atoms with Crippen LogP contribution in [0.5, 0.6) is 0 Å². The van der Waals surface area contributed by atoms with Crippen LogP contribution < -0.4 is 5.06 Å². The largest absolute Gasteiger partial charge is 0.306 e. The standard InChI is InChI=1S/C14H20N2O2S/c1-15-9-7-14(8-10-15)11-16(18-19(2)17)13-6-4-3-5-12(13)14/h3-6H,7-11H2,1-2H3. The van der Waals surface area contributed by atoms with Crippen molar-refractivity contribution >= 4 is 16.8 Å². The fourth-order valence-corrected chi connectivity index (χ4v) is 3.64. The number of hydrogen-bond acceptors (Lipinski definition) is 4. The molecule has 1 atom stereocenters. The molecule has 0 amide bonds. The molecule has 104 valence electrons. The van der Waals surface area contributed by atoms with Crippen LogP contribution in [0.1, 0.15) is 18.4 Å². The lowest BCUT2D eigenvalue weighted by atomic mass is 9.74. The Hall–Kier alpha value is -0.910. The highest BCUT2D eigenvalue weighted by Crippen LogP contribution is 2.46. The van der Waals surface area contributed by atoms with E-state index in [0.717, 1.165) is 38.2 Å². The second-order valence-electron chi connectivity index (χ2n) is 5.61. The van der Waals surface area contributed by atoms with Crippen molar-refractivity contribution in [3.05, 3.63) is 29.8 Å². The third kappa shape index (κ3) is 2.30. The lowest BCUT2D eigenvalue weighted by molar-refractivity contribution is 0.180. The zero-order valence-electron chi connectivity index (χ0n) is 11.5. The number of anilines is 1. The van der Waals surface area contributed by atoms with Gasteiger partial charge in [0, 0.05) is 11.7 Å². The summed E-state index contributed by atoms with van der Waals surface area (Å²) in [5.41, 5.74) is 2.61. The number of rotatable bonds is 2. The summed E-state index contributed by atoms with van der Waals surface area (Å²) in [6.45, 7) is 3.04. The number of para-hydroxylation sites is 1. The average Bonchev–Trinajstić information content (AvgIpc) is 2.68. The molecule has 19 heavy (non-hydrogen) atoms. The topological polar surface area (TPSA) is 32.8 Å². The Kier molecular flexibility index (Phi) is 3.37. The summed E-state index contributed by atoms with van der Waals surface area (Å²) >= 11 is -1.28. The molecule has 3 rings (SSSR count). The fraction of sp³-hybridized carbons (Fsp3) is 0.571. The summed E-state index contributed by atoms with van der Waals surface area (Å²) in [5.74, 6) is 0. The van der Waals surface area contributed by atoms with Gasteiger partial charge in [-0.05, 0) is 44.6 Å². The summed E-state index contributed by atoms with van der Waals surface area (Å²) in [6.07, 6.45) is 3.84. The molecule has 1 aromatic carbocycles. The van der Waals surface area contributed by atoms with Gasteiger partial charge in [-0.3, -0.25) is 0 Å². The van der Waals surface area contributed by atoms with Crippen molar-refractivity contribution in [2.75, 3.05) is 38.0 Å². The minimum atomic E-state index is -1.28. The number of benzene rings is 1. The maximum absolute atomic E-state index is 11.4. The summed E-state index contributed by atoms with van der Waals surface area (Å²) in [4.78, 5) is 2.37. The molecular weight excluding hydrogens is 260 g/mol. The van der Waals surface area contributed by atoms with Crippen LogP contribution in [0.2, 0.25) is 0 Å². The second-order valence-corrected chi connectivity index (χ2v) is 6.57. The van der Waals surface area contributed by atoms with E-state index in [9.17, 15) is 4.21 Å². The van der Waals surface area contributed by atoms with Gasteiger partial charge in [0.1, 0.15) is 0 Å². The van der Waals surface area contributed by atoms with Gasteiger partial charge >= 0.3 is 0 Å². The molecule has 2 heterocycles.